The number of imidazole rings is 2. The van der Waals surface area contributed by atoms with Crippen molar-refractivity contribution in [2.75, 3.05) is 26.2 Å². The normalized spacial score (nSPS) is 21.0. The Hall–Kier alpha value is -4.32. The molecule has 4 aliphatic rings. The van der Waals surface area contributed by atoms with Crippen molar-refractivity contribution in [1.82, 2.24) is 39.2 Å². The number of aromatic nitrogens is 6. The van der Waals surface area contributed by atoms with E-state index < -0.39 is 0 Å². The highest BCUT2D eigenvalue weighted by Crippen LogP contribution is 2.48. The van der Waals surface area contributed by atoms with Crippen molar-refractivity contribution < 1.29 is 5.02 Å². The van der Waals surface area contributed by atoms with Crippen LogP contribution in [0.3, 0.4) is 0 Å². The fourth-order valence-corrected chi connectivity index (χ4v) is 12.4. The van der Waals surface area contributed by atoms with Gasteiger partial charge in [0.05, 0.1) is 35.4 Å². The average molecular weight is 940 g/mol. The summed E-state index contributed by atoms with van der Waals surface area (Å²) >= 11 is 13.0. The third-order valence-electron chi connectivity index (χ3n) is 16.0. The highest BCUT2D eigenvalue weighted by atomic mass is 35.5. The summed E-state index contributed by atoms with van der Waals surface area (Å²) < 4.78 is 4.57. The molecule has 10 rings (SSSR count). The molecule has 4 unspecified atom stereocenters. The minimum atomic E-state index is -0.381. The van der Waals surface area contributed by atoms with Crippen LogP contribution in [0.15, 0.2) is 85.7 Å². The maximum atomic E-state index is 10.1. The van der Waals surface area contributed by atoms with Crippen LogP contribution in [0.25, 0.3) is 0 Å². The Labute approximate surface area is 409 Å². The predicted octanol–water partition coefficient (Wildman–Crippen LogP) is 11.4. The Morgan fingerprint density at radius 3 is 1.52 bits per heavy atom. The minimum Gasteiger partial charge on any atom is -0.437 e. The summed E-state index contributed by atoms with van der Waals surface area (Å²) in [5, 5.41) is 15.3. The number of piperidine rings is 2. The highest BCUT2D eigenvalue weighted by Gasteiger charge is 2.38. The number of benzene rings is 2. The summed E-state index contributed by atoms with van der Waals surface area (Å²) in [7, 11) is -0.381. The summed E-state index contributed by atoms with van der Waals surface area (Å²) in [4.78, 5) is 21.2. The lowest BCUT2D eigenvalue weighted by Crippen LogP contribution is -2.44. The maximum absolute atomic E-state index is 10.1. The molecule has 2 aliphatic heterocycles. The third-order valence-corrected chi connectivity index (χ3v) is 16.5. The molecule has 2 saturated heterocycles. The van der Waals surface area contributed by atoms with Crippen molar-refractivity contribution in [2.24, 2.45) is 11.8 Å². The maximum Gasteiger partial charge on any atom is 0.376 e. The van der Waals surface area contributed by atoms with Gasteiger partial charge in [0.2, 0.25) is 0 Å². The third kappa shape index (κ3) is 10.6. The largest absolute Gasteiger partial charge is 0.437 e. The highest BCUT2D eigenvalue weighted by molar-refractivity contribution is 6.45. The summed E-state index contributed by atoms with van der Waals surface area (Å²) in [6, 6.07) is 21.9. The topological polar surface area (TPSA) is 96.9 Å². The quantitative estimate of drug-likeness (QED) is 0.125. The SMILES string of the molecule is CB(O)N1CCC(C2c3ccc(Cl)cc3CC(CCCn3cnc(C)c3C)c3cccnc32)CC1.Cc1ncn(CCCC2Cc3cc(Cl)ccc3C(C3CCNCC3)c3ncccc32)c1C. The second-order valence-electron chi connectivity index (χ2n) is 20.0. The van der Waals surface area contributed by atoms with Crippen LogP contribution in [-0.2, 0) is 25.9 Å². The molecule has 6 heterocycles. The number of nitrogens with zero attached hydrogens (tertiary/aromatic N) is 7. The van der Waals surface area contributed by atoms with Gasteiger partial charge in [-0.15, -0.1) is 0 Å². The van der Waals surface area contributed by atoms with E-state index in [-0.39, 0.29) is 13.0 Å². The van der Waals surface area contributed by atoms with Crippen molar-refractivity contribution in [1.29, 1.82) is 0 Å². The summed E-state index contributed by atoms with van der Waals surface area (Å²) in [5.74, 6) is 2.66. The van der Waals surface area contributed by atoms with E-state index >= 15 is 0 Å². The van der Waals surface area contributed by atoms with Crippen molar-refractivity contribution in [3.63, 3.8) is 0 Å². The zero-order valence-electron chi connectivity index (χ0n) is 40.3. The van der Waals surface area contributed by atoms with Crippen LogP contribution in [0.4, 0.5) is 0 Å². The first-order valence-corrected chi connectivity index (χ1v) is 25.8. The van der Waals surface area contributed by atoms with Crippen LogP contribution >= 0.6 is 23.2 Å². The van der Waals surface area contributed by atoms with E-state index in [4.69, 9.17) is 33.2 Å². The second-order valence-corrected chi connectivity index (χ2v) is 20.9. The van der Waals surface area contributed by atoms with E-state index in [0.29, 0.717) is 29.6 Å². The number of rotatable bonds is 11. The van der Waals surface area contributed by atoms with Crippen LogP contribution in [0.5, 0.6) is 0 Å². The Morgan fingerprint density at radius 2 is 1.09 bits per heavy atom. The molecule has 2 N–H and O–H groups in total. The first-order valence-electron chi connectivity index (χ1n) is 25.1. The standard InChI is InChI=1S/C28H36BClN4O.C27H33ClN4/c1-19-20(2)33(18-32-19)13-5-6-22-16-23-17-24(30)8-9-25(23)27(28-26(22)7-4-12-31-28)21-10-14-34(15-11-21)29(3)35;1-18-19(2)32(17-31-18)14-4-5-21-15-22-16-23(28)7-8-24(22)26(20-9-12-29-13-10-20)27-25(21)6-3-11-30-27/h4,7-9,12,17-18,21-22,27,35H,5-6,10-11,13-16H2,1-3H3;3,6-8,11,16-17,20-21,26,29H,4-5,9-10,12-15H2,1-2H3. The molecule has 0 spiro atoms. The molecule has 9 nitrogen and oxygen atoms in total. The average Bonchev–Trinajstić information content (AvgIpc) is 3.73. The number of aryl methyl sites for hydroxylation is 4. The molecule has 6 aromatic rings. The second kappa shape index (κ2) is 21.5. The molecule has 12 heteroatoms. The Balaban J connectivity index is 0.000000169. The molecule has 352 valence electrons. The molecule has 2 aliphatic carbocycles. The number of pyridine rings is 2. The lowest BCUT2D eigenvalue weighted by atomic mass is 9.73. The van der Waals surface area contributed by atoms with Crippen molar-refractivity contribution in [2.45, 2.75) is 135 Å². The number of hydrogen-bond acceptors (Lipinski definition) is 7. The minimum absolute atomic E-state index is 0.276. The monoisotopic (exact) mass is 939 g/mol. The van der Waals surface area contributed by atoms with E-state index in [1.54, 1.807) is 0 Å². The Morgan fingerprint density at radius 1 is 0.627 bits per heavy atom. The fourth-order valence-electron chi connectivity index (χ4n) is 12.1. The molecule has 0 saturated carbocycles. The molecule has 2 aromatic carbocycles. The Bertz CT molecular complexity index is 2610. The van der Waals surface area contributed by atoms with E-state index in [2.05, 4.69) is 112 Å². The number of nitrogens with one attached hydrogen (secondary N) is 1. The first-order chi connectivity index (χ1) is 32.5. The number of fused-ring (bicyclic) bond motifs is 4. The molecule has 4 aromatic heterocycles. The molecule has 0 radical (unpaired) electrons. The van der Waals surface area contributed by atoms with Crippen LogP contribution in [0.2, 0.25) is 16.9 Å². The molecule has 0 amide bonds. The number of hydrogen-bond donors (Lipinski definition) is 2. The van der Waals surface area contributed by atoms with Crippen LogP contribution in [-0.4, -0.2) is 72.1 Å². The first kappa shape index (κ1) is 47.7. The summed E-state index contributed by atoms with van der Waals surface area (Å²) in [6.45, 7) is 16.4. The predicted molar refractivity (Wildman–Crippen MR) is 274 cm³/mol. The van der Waals surface area contributed by atoms with Gasteiger partial charge in [-0.25, -0.2) is 9.97 Å². The van der Waals surface area contributed by atoms with E-state index in [9.17, 15) is 5.02 Å². The Kier molecular flexibility index (Phi) is 15.4. The van der Waals surface area contributed by atoms with Crippen LogP contribution < -0.4 is 5.32 Å². The van der Waals surface area contributed by atoms with Crippen LogP contribution in [0, 0.1) is 39.5 Å². The van der Waals surface area contributed by atoms with Gasteiger partial charge in [-0.1, -0.05) is 47.5 Å². The van der Waals surface area contributed by atoms with Gasteiger partial charge in [0, 0.05) is 58.8 Å². The van der Waals surface area contributed by atoms with E-state index in [0.717, 1.165) is 112 Å². The van der Waals surface area contributed by atoms with Gasteiger partial charge < -0.3 is 24.3 Å². The van der Waals surface area contributed by atoms with Gasteiger partial charge >= 0.3 is 7.05 Å². The fraction of sp³-hybridized carbons (Fsp3) is 0.491. The number of halogens is 2. The molecule has 2 fully saturated rings. The lowest BCUT2D eigenvalue weighted by molar-refractivity contribution is 0.235. The smallest absolute Gasteiger partial charge is 0.376 e. The van der Waals surface area contributed by atoms with Gasteiger partial charge in [-0.2, -0.15) is 0 Å². The van der Waals surface area contributed by atoms with Gasteiger partial charge in [0.25, 0.3) is 0 Å². The molecular formula is C55H69BCl2N8O. The van der Waals surface area contributed by atoms with Gasteiger partial charge in [0.15, 0.2) is 0 Å². The van der Waals surface area contributed by atoms with Crippen LogP contribution in [0.1, 0.15) is 143 Å². The van der Waals surface area contributed by atoms with Gasteiger partial charge in [0.1, 0.15) is 0 Å². The molecule has 67 heavy (non-hydrogen) atoms. The van der Waals surface area contributed by atoms with Crippen molar-refractivity contribution in [3.05, 3.63) is 163 Å². The molecule has 0 bridgehead atoms. The lowest BCUT2D eigenvalue weighted by Gasteiger charge is -2.37. The molecular weight excluding hydrogens is 870 g/mol. The zero-order valence-corrected chi connectivity index (χ0v) is 41.8. The van der Waals surface area contributed by atoms with Gasteiger partial charge in [-0.3, -0.25) is 9.97 Å². The van der Waals surface area contributed by atoms with Gasteiger partial charge in [-0.05, 0) is 218 Å². The summed E-state index contributed by atoms with van der Waals surface area (Å²) in [6.07, 6.45) is 19.0. The van der Waals surface area contributed by atoms with E-state index in [1.807, 2.05) is 37.9 Å². The van der Waals surface area contributed by atoms with Crippen molar-refractivity contribution >= 4 is 30.3 Å². The van der Waals surface area contributed by atoms with E-state index in [1.165, 1.54) is 69.0 Å². The molecule has 4 atom stereocenters. The van der Waals surface area contributed by atoms with Crippen molar-refractivity contribution in [3.8, 4) is 0 Å². The summed E-state index contributed by atoms with van der Waals surface area (Å²) in [5.41, 5.74) is 15.8. The zero-order chi connectivity index (χ0) is 46.6.